The molecule has 1 atom stereocenters. The van der Waals surface area contributed by atoms with Gasteiger partial charge in [0.1, 0.15) is 0 Å². The largest absolute Gasteiger partial charge is 0.449 e. The molecule has 0 saturated carbocycles. The zero-order valence-corrected chi connectivity index (χ0v) is 14.2. The second-order valence-corrected chi connectivity index (χ2v) is 6.04. The van der Waals surface area contributed by atoms with Crippen LogP contribution < -0.4 is 5.32 Å². The maximum atomic E-state index is 12.2. The fourth-order valence-corrected chi connectivity index (χ4v) is 2.77. The van der Waals surface area contributed by atoms with Crippen molar-refractivity contribution in [3.63, 3.8) is 0 Å². The van der Waals surface area contributed by atoms with E-state index in [0.717, 1.165) is 11.3 Å². The lowest BCUT2D eigenvalue weighted by Gasteiger charge is -2.12. The molecule has 126 valence electrons. The number of benzene rings is 1. The van der Waals surface area contributed by atoms with Crippen LogP contribution in [0.25, 0.3) is 11.3 Å². The van der Waals surface area contributed by atoms with Gasteiger partial charge in [0, 0.05) is 23.3 Å². The van der Waals surface area contributed by atoms with Gasteiger partial charge in [-0.15, -0.1) is 11.3 Å². The number of thiazole rings is 1. The minimum absolute atomic E-state index is 0.294. The molecule has 0 aliphatic heterocycles. The summed E-state index contributed by atoms with van der Waals surface area (Å²) >= 11 is 1.31. The van der Waals surface area contributed by atoms with Crippen molar-refractivity contribution in [2.45, 2.75) is 13.0 Å². The number of esters is 1. The summed E-state index contributed by atoms with van der Waals surface area (Å²) in [7, 11) is 0. The first-order valence-electron chi connectivity index (χ1n) is 7.56. The molecule has 0 radical (unpaired) electrons. The average molecular weight is 353 g/mol. The predicted molar refractivity (Wildman–Crippen MR) is 95.3 cm³/mol. The van der Waals surface area contributed by atoms with Gasteiger partial charge >= 0.3 is 5.97 Å². The molecule has 0 saturated heterocycles. The van der Waals surface area contributed by atoms with Crippen molar-refractivity contribution in [2.75, 3.05) is 5.32 Å². The minimum atomic E-state index is -0.947. The summed E-state index contributed by atoms with van der Waals surface area (Å²) in [5.74, 6) is -1.04. The van der Waals surface area contributed by atoms with Crippen LogP contribution in [0.1, 0.15) is 17.3 Å². The summed E-state index contributed by atoms with van der Waals surface area (Å²) in [6, 6.07) is 12.9. The standard InChI is InChI=1S/C18H15N3O3S/c1-12(24-17(23)14-8-5-9-19-10-14)16(22)21-18-20-15(11-25-18)13-6-3-2-4-7-13/h2-12H,1H3,(H,20,21,22)/t12-/m0/s1. The summed E-state index contributed by atoms with van der Waals surface area (Å²) in [6.07, 6.45) is 2.00. The monoisotopic (exact) mass is 353 g/mol. The molecule has 1 N–H and O–H groups in total. The first kappa shape index (κ1) is 16.8. The van der Waals surface area contributed by atoms with E-state index in [1.165, 1.54) is 24.5 Å². The van der Waals surface area contributed by atoms with Gasteiger partial charge in [-0.2, -0.15) is 0 Å². The van der Waals surface area contributed by atoms with Crippen molar-refractivity contribution in [3.8, 4) is 11.3 Å². The number of nitrogens with one attached hydrogen (secondary N) is 1. The van der Waals surface area contributed by atoms with Crippen LogP contribution in [0, 0.1) is 0 Å². The number of amides is 1. The quantitative estimate of drug-likeness (QED) is 0.711. The third kappa shape index (κ3) is 4.27. The number of nitrogens with zero attached hydrogens (tertiary/aromatic N) is 2. The summed E-state index contributed by atoms with van der Waals surface area (Å²) in [4.78, 5) is 32.4. The van der Waals surface area contributed by atoms with Crippen LogP contribution in [0.2, 0.25) is 0 Å². The summed E-state index contributed by atoms with van der Waals surface area (Å²) in [6.45, 7) is 1.51. The van der Waals surface area contributed by atoms with E-state index in [2.05, 4.69) is 15.3 Å². The second kappa shape index (κ2) is 7.67. The Labute approximate surface area is 148 Å². The van der Waals surface area contributed by atoms with E-state index in [0.29, 0.717) is 10.7 Å². The van der Waals surface area contributed by atoms with Gasteiger partial charge in [0.15, 0.2) is 11.2 Å². The van der Waals surface area contributed by atoms with Crippen molar-refractivity contribution >= 4 is 28.3 Å². The Morgan fingerprint density at radius 2 is 1.96 bits per heavy atom. The maximum absolute atomic E-state index is 12.2. The van der Waals surface area contributed by atoms with Crippen LogP contribution in [0.3, 0.4) is 0 Å². The van der Waals surface area contributed by atoms with E-state index in [9.17, 15) is 9.59 Å². The van der Waals surface area contributed by atoms with E-state index >= 15 is 0 Å². The Hall–Kier alpha value is -3.06. The highest BCUT2D eigenvalue weighted by atomic mass is 32.1. The third-order valence-corrected chi connectivity index (χ3v) is 4.11. The van der Waals surface area contributed by atoms with Crippen LogP contribution in [0.5, 0.6) is 0 Å². The Morgan fingerprint density at radius 3 is 2.68 bits per heavy atom. The fourth-order valence-electron chi connectivity index (χ4n) is 2.05. The molecular weight excluding hydrogens is 338 g/mol. The number of rotatable bonds is 5. The van der Waals surface area contributed by atoms with Crippen molar-refractivity contribution < 1.29 is 14.3 Å². The molecular formula is C18H15N3O3S. The maximum Gasteiger partial charge on any atom is 0.340 e. The molecule has 0 fully saturated rings. The van der Waals surface area contributed by atoms with Crippen molar-refractivity contribution in [2.24, 2.45) is 0 Å². The number of pyridine rings is 1. The highest BCUT2D eigenvalue weighted by Gasteiger charge is 2.20. The molecule has 7 heteroatoms. The van der Waals surface area contributed by atoms with E-state index in [1.807, 2.05) is 35.7 Å². The predicted octanol–water partition coefficient (Wildman–Crippen LogP) is 3.39. The Balaban J connectivity index is 1.60. The average Bonchev–Trinajstić information content (AvgIpc) is 3.11. The van der Waals surface area contributed by atoms with Crippen LogP contribution in [0.15, 0.2) is 60.2 Å². The molecule has 3 rings (SSSR count). The van der Waals surface area contributed by atoms with Gasteiger partial charge in [-0.3, -0.25) is 15.1 Å². The van der Waals surface area contributed by atoms with E-state index in [1.54, 1.807) is 18.3 Å². The molecule has 25 heavy (non-hydrogen) atoms. The molecule has 0 unspecified atom stereocenters. The molecule has 2 aromatic heterocycles. The Morgan fingerprint density at radius 1 is 1.16 bits per heavy atom. The third-order valence-electron chi connectivity index (χ3n) is 3.35. The second-order valence-electron chi connectivity index (χ2n) is 5.18. The van der Waals surface area contributed by atoms with Gasteiger partial charge in [0.05, 0.1) is 11.3 Å². The highest BCUT2D eigenvalue weighted by Crippen LogP contribution is 2.24. The molecule has 3 aromatic rings. The Kier molecular flexibility index (Phi) is 5.15. The first-order valence-corrected chi connectivity index (χ1v) is 8.44. The van der Waals surface area contributed by atoms with Gasteiger partial charge in [0.2, 0.25) is 0 Å². The molecule has 0 spiro atoms. The van der Waals surface area contributed by atoms with Crippen molar-refractivity contribution in [1.29, 1.82) is 0 Å². The zero-order chi connectivity index (χ0) is 17.6. The first-order chi connectivity index (χ1) is 12.1. The van der Waals surface area contributed by atoms with E-state index in [4.69, 9.17) is 4.74 Å². The molecule has 0 bridgehead atoms. The number of hydrogen-bond acceptors (Lipinski definition) is 6. The van der Waals surface area contributed by atoms with Crippen molar-refractivity contribution in [1.82, 2.24) is 9.97 Å². The number of aromatic nitrogens is 2. The topological polar surface area (TPSA) is 81.2 Å². The number of anilines is 1. The van der Waals surface area contributed by atoms with Gasteiger partial charge < -0.3 is 4.74 Å². The molecule has 1 aromatic carbocycles. The van der Waals surface area contributed by atoms with Crippen LogP contribution in [-0.2, 0) is 9.53 Å². The lowest BCUT2D eigenvalue weighted by Crippen LogP contribution is -2.30. The minimum Gasteiger partial charge on any atom is -0.449 e. The lowest BCUT2D eigenvalue weighted by atomic mass is 10.2. The van der Waals surface area contributed by atoms with Crippen LogP contribution >= 0.6 is 11.3 Å². The van der Waals surface area contributed by atoms with E-state index < -0.39 is 18.0 Å². The van der Waals surface area contributed by atoms with Gasteiger partial charge in [-0.1, -0.05) is 30.3 Å². The van der Waals surface area contributed by atoms with Gasteiger partial charge in [-0.25, -0.2) is 9.78 Å². The zero-order valence-electron chi connectivity index (χ0n) is 13.4. The van der Waals surface area contributed by atoms with Crippen LogP contribution in [-0.4, -0.2) is 27.9 Å². The molecule has 2 heterocycles. The van der Waals surface area contributed by atoms with Gasteiger partial charge in [-0.05, 0) is 19.1 Å². The van der Waals surface area contributed by atoms with E-state index in [-0.39, 0.29) is 0 Å². The molecule has 0 aliphatic carbocycles. The summed E-state index contributed by atoms with van der Waals surface area (Å²) in [5.41, 5.74) is 2.04. The number of carbonyl (C=O) groups is 2. The summed E-state index contributed by atoms with van der Waals surface area (Å²) < 4.78 is 5.15. The molecule has 0 aliphatic rings. The normalized spacial score (nSPS) is 11.6. The number of ether oxygens (including phenoxy) is 1. The Bertz CT molecular complexity index is 866. The number of hydrogen-bond donors (Lipinski definition) is 1. The number of carbonyl (C=O) groups excluding carboxylic acids is 2. The summed E-state index contributed by atoms with van der Waals surface area (Å²) in [5, 5.41) is 4.97. The SMILES string of the molecule is C[C@H](OC(=O)c1cccnc1)C(=O)Nc1nc(-c2ccccc2)cs1. The lowest BCUT2D eigenvalue weighted by molar-refractivity contribution is -0.123. The van der Waals surface area contributed by atoms with Crippen molar-refractivity contribution in [3.05, 3.63) is 65.8 Å². The highest BCUT2D eigenvalue weighted by molar-refractivity contribution is 7.14. The smallest absolute Gasteiger partial charge is 0.340 e. The van der Waals surface area contributed by atoms with Gasteiger partial charge in [0.25, 0.3) is 5.91 Å². The molecule has 1 amide bonds. The fraction of sp³-hybridized carbons (Fsp3) is 0.111. The van der Waals surface area contributed by atoms with Crippen LogP contribution in [0.4, 0.5) is 5.13 Å². The molecule has 6 nitrogen and oxygen atoms in total.